The van der Waals surface area contributed by atoms with Crippen molar-refractivity contribution in [3.8, 4) is 5.95 Å². The van der Waals surface area contributed by atoms with E-state index in [0.717, 1.165) is 31.1 Å². The zero-order valence-electron chi connectivity index (χ0n) is 10.4. The Morgan fingerprint density at radius 3 is 2.74 bits per heavy atom. The van der Waals surface area contributed by atoms with Gasteiger partial charge in [0, 0.05) is 16.5 Å². The first-order valence-corrected chi connectivity index (χ1v) is 7.03. The summed E-state index contributed by atoms with van der Waals surface area (Å²) in [7, 11) is 0. The molecule has 0 saturated heterocycles. The Morgan fingerprint density at radius 2 is 1.95 bits per heavy atom. The highest BCUT2D eigenvalue weighted by molar-refractivity contribution is 6.31. The van der Waals surface area contributed by atoms with E-state index in [1.54, 1.807) is 12.1 Å². The van der Waals surface area contributed by atoms with Crippen molar-refractivity contribution in [1.29, 1.82) is 0 Å². The van der Waals surface area contributed by atoms with Crippen LogP contribution < -0.4 is 4.74 Å². The average Bonchev–Trinajstić information content (AvgIpc) is 2.86. The van der Waals surface area contributed by atoms with Crippen LogP contribution in [0, 0.1) is 0 Å². The van der Waals surface area contributed by atoms with Gasteiger partial charge in [0.05, 0.1) is 0 Å². The first-order chi connectivity index (χ1) is 9.20. The van der Waals surface area contributed by atoms with Crippen LogP contribution in [0.5, 0.6) is 5.95 Å². The molecule has 19 heavy (non-hydrogen) atoms. The molecule has 1 aliphatic heterocycles. The van der Waals surface area contributed by atoms with Gasteiger partial charge in [0.2, 0.25) is 5.78 Å². The van der Waals surface area contributed by atoms with Crippen molar-refractivity contribution in [2.45, 2.75) is 37.7 Å². The average molecular weight is 277 g/mol. The highest BCUT2D eigenvalue weighted by atomic mass is 35.5. The molecule has 2 heterocycles. The van der Waals surface area contributed by atoms with Crippen LogP contribution in [0.4, 0.5) is 0 Å². The molecule has 1 aliphatic carbocycles. The van der Waals surface area contributed by atoms with Crippen LogP contribution in [0.2, 0.25) is 5.02 Å². The van der Waals surface area contributed by atoms with E-state index in [9.17, 15) is 4.79 Å². The summed E-state index contributed by atoms with van der Waals surface area (Å²) in [5.74, 6) is 0.465. The van der Waals surface area contributed by atoms with Gasteiger partial charge in [-0.15, -0.1) is 0 Å². The van der Waals surface area contributed by atoms with Crippen LogP contribution in [0.3, 0.4) is 0 Å². The minimum absolute atomic E-state index is 0.0864. The van der Waals surface area contributed by atoms with Crippen molar-refractivity contribution in [3.05, 3.63) is 28.8 Å². The second-order valence-electron chi connectivity index (χ2n) is 5.39. The van der Waals surface area contributed by atoms with Crippen LogP contribution in [0.25, 0.3) is 11.0 Å². The van der Waals surface area contributed by atoms with Crippen LogP contribution in [0.1, 0.15) is 42.5 Å². The van der Waals surface area contributed by atoms with E-state index in [1.807, 2.05) is 6.07 Å². The second-order valence-corrected chi connectivity index (χ2v) is 5.83. The van der Waals surface area contributed by atoms with E-state index in [-0.39, 0.29) is 5.78 Å². The number of ketones is 1. The van der Waals surface area contributed by atoms with E-state index in [0.29, 0.717) is 22.1 Å². The maximum atomic E-state index is 12.7. The zero-order valence-corrected chi connectivity index (χ0v) is 11.1. The summed E-state index contributed by atoms with van der Waals surface area (Å²) in [6, 6.07) is 5.33. The molecule has 1 spiro atoms. The summed E-state index contributed by atoms with van der Waals surface area (Å²) in [6.07, 6.45) is 4.85. The molecule has 2 aliphatic rings. The van der Waals surface area contributed by atoms with Crippen LogP contribution in [0.15, 0.2) is 22.6 Å². The van der Waals surface area contributed by atoms with Gasteiger partial charge in [-0.25, -0.2) is 0 Å². The Labute approximate surface area is 115 Å². The second kappa shape index (κ2) is 3.76. The predicted octanol–water partition coefficient (Wildman–Crippen LogP) is 4.36. The summed E-state index contributed by atoms with van der Waals surface area (Å²) in [5, 5.41) is 1.41. The molecule has 1 aromatic heterocycles. The number of furan rings is 1. The first kappa shape index (κ1) is 11.4. The fourth-order valence-corrected chi connectivity index (χ4v) is 3.40. The molecule has 3 nitrogen and oxygen atoms in total. The maximum absolute atomic E-state index is 12.7. The van der Waals surface area contributed by atoms with Gasteiger partial charge in [0.1, 0.15) is 11.1 Å². The molecule has 2 aromatic rings. The number of ether oxygens (including phenoxy) is 1. The molecule has 0 N–H and O–H groups in total. The van der Waals surface area contributed by atoms with Gasteiger partial charge in [-0.05, 0) is 37.8 Å². The van der Waals surface area contributed by atoms with Crippen molar-refractivity contribution >= 4 is 28.4 Å². The molecular weight excluding hydrogens is 264 g/mol. The standard InChI is InChI=1S/C15H13ClO3/c16-9-4-5-10-11(8-9)18-14-12(10)13(17)15(19-14)6-2-1-3-7-15/h4-5,8H,1-3,6-7H2. The quantitative estimate of drug-likeness (QED) is 0.717. The third-order valence-electron chi connectivity index (χ3n) is 4.21. The van der Waals surface area contributed by atoms with Crippen molar-refractivity contribution in [2.75, 3.05) is 0 Å². The lowest BCUT2D eigenvalue weighted by Gasteiger charge is -2.30. The molecule has 0 bridgehead atoms. The van der Waals surface area contributed by atoms with Crippen molar-refractivity contribution in [2.24, 2.45) is 0 Å². The number of rotatable bonds is 0. The topological polar surface area (TPSA) is 39.4 Å². The molecule has 0 amide bonds. The third kappa shape index (κ3) is 1.48. The van der Waals surface area contributed by atoms with Crippen molar-refractivity contribution < 1.29 is 13.9 Å². The predicted molar refractivity (Wildman–Crippen MR) is 72.0 cm³/mol. The number of carbonyl (C=O) groups is 1. The van der Waals surface area contributed by atoms with Gasteiger partial charge in [0.15, 0.2) is 5.60 Å². The SMILES string of the molecule is O=C1c2c(oc3cc(Cl)ccc23)OC12CCCCC2. The first-order valence-electron chi connectivity index (χ1n) is 6.65. The summed E-state index contributed by atoms with van der Waals surface area (Å²) < 4.78 is 11.6. The molecule has 0 atom stereocenters. The van der Waals surface area contributed by atoms with Gasteiger partial charge >= 0.3 is 0 Å². The summed E-state index contributed by atoms with van der Waals surface area (Å²) >= 11 is 5.93. The fourth-order valence-electron chi connectivity index (χ4n) is 3.24. The fraction of sp³-hybridized carbons (Fsp3) is 0.400. The molecule has 4 rings (SSSR count). The van der Waals surface area contributed by atoms with E-state index < -0.39 is 5.60 Å². The Kier molecular flexibility index (Phi) is 2.25. The third-order valence-corrected chi connectivity index (χ3v) is 4.45. The smallest absolute Gasteiger partial charge is 0.297 e. The Hall–Kier alpha value is -1.48. The van der Waals surface area contributed by atoms with E-state index in [1.165, 1.54) is 6.42 Å². The minimum Gasteiger partial charge on any atom is -0.450 e. The largest absolute Gasteiger partial charge is 0.450 e. The van der Waals surface area contributed by atoms with E-state index in [4.69, 9.17) is 20.8 Å². The van der Waals surface area contributed by atoms with E-state index in [2.05, 4.69) is 0 Å². The Balaban J connectivity index is 1.87. The normalized spacial score (nSPS) is 20.8. The monoisotopic (exact) mass is 276 g/mol. The Morgan fingerprint density at radius 1 is 1.16 bits per heavy atom. The zero-order chi connectivity index (χ0) is 13.0. The van der Waals surface area contributed by atoms with Gasteiger partial charge in [-0.1, -0.05) is 18.0 Å². The molecule has 4 heteroatoms. The number of benzene rings is 1. The maximum Gasteiger partial charge on any atom is 0.297 e. The van der Waals surface area contributed by atoms with Crippen LogP contribution in [-0.2, 0) is 0 Å². The summed E-state index contributed by atoms with van der Waals surface area (Å²) in [6.45, 7) is 0. The number of halogens is 1. The molecule has 98 valence electrons. The molecule has 0 radical (unpaired) electrons. The molecule has 1 saturated carbocycles. The minimum atomic E-state index is -0.653. The number of carbonyl (C=O) groups excluding carboxylic acids is 1. The van der Waals surface area contributed by atoms with Crippen molar-refractivity contribution in [3.63, 3.8) is 0 Å². The van der Waals surface area contributed by atoms with Crippen molar-refractivity contribution in [1.82, 2.24) is 0 Å². The lowest BCUT2D eigenvalue weighted by atomic mass is 9.81. The number of Topliss-reactive ketones (excluding diaryl/α,β-unsaturated/α-hetero) is 1. The molecule has 0 unspecified atom stereocenters. The lowest BCUT2D eigenvalue weighted by Crippen LogP contribution is -2.41. The van der Waals surface area contributed by atoms with Gasteiger partial charge < -0.3 is 9.15 Å². The molecule has 1 aromatic carbocycles. The van der Waals surface area contributed by atoms with E-state index >= 15 is 0 Å². The van der Waals surface area contributed by atoms with Crippen LogP contribution >= 0.6 is 11.6 Å². The number of hydrogen-bond acceptors (Lipinski definition) is 3. The van der Waals surface area contributed by atoms with Gasteiger partial charge in [-0.2, -0.15) is 0 Å². The van der Waals surface area contributed by atoms with Crippen LogP contribution in [-0.4, -0.2) is 11.4 Å². The number of fused-ring (bicyclic) bond motifs is 3. The molecular formula is C15H13ClO3. The highest BCUT2D eigenvalue weighted by Crippen LogP contribution is 2.47. The van der Waals surface area contributed by atoms with Gasteiger partial charge in [-0.3, -0.25) is 4.79 Å². The number of hydrogen-bond donors (Lipinski definition) is 0. The van der Waals surface area contributed by atoms with Gasteiger partial charge in [0.25, 0.3) is 5.95 Å². The summed E-state index contributed by atoms with van der Waals surface area (Å²) in [4.78, 5) is 12.7. The lowest BCUT2D eigenvalue weighted by molar-refractivity contribution is 0.0296. The highest BCUT2D eigenvalue weighted by Gasteiger charge is 2.51. The Bertz CT molecular complexity index is 680. The molecule has 1 fully saturated rings. The summed E-state index contributed by atoms with van der Waals surface area (Å²) in [5.41, 5.74) is 0.574.